The van der Waals surface area contributed by atoms with Crippen molar-refractivity contribution in [3.63, 3.8) is 0 Å². The second-order valence-corrected chi connectivity index (χ2v) is 10.4. The number of thiocarbonyl (C=S) groups is 1. The van der Waals surface area contributed by atoms with Crippen LogP contribution >= 0.6 is 39.9 Å². The number of aryl methyl sites for hydroxylation is 1. The van der Waals surface area contributed by atoms with Crippen LogP contribution in [0.2, 0.25) is 0 Å². The minimum absolute atomic E-state index is 0.168. The number of halogens is 1. The number of hydrogen-bond acceptors (Lipinski definition) is 6. The Balaban J connectivity index is 1.47. The Morgan fingerprint density at radius 2 is 1.86 bits per heavy atom. The number of hydrogen-bond donors (Lipinski definition) is 1. The van der Waals surface area contributed by atoms with Crippen LogP contribution in [0.5, 0.6) is 11.5 Å². The Morgan fingerprint density at radius 1 is 1.08 bits per heavy atom. The molecule has 1 saturated heterocycles. The van der Waals surface area contributed by atoms with Crippen LogP contribution in [0, 0.1) is 6.92 Å². The smallest absolute Gasteiger partial charge is 0.270 e. The van der Waals surface area contributed by atoms with Gasteiger partial charge in [0.2, 0.25) is 0 Å². The number of carbonyl (C=O) groups is 2. The van der Waals surface area contributed by atoms with E-state index in [1.165, 1.54) is 16.7 Å². The largest absolute Gasteiger partial charge is 0.490 e. The fourth-order valence-electron chi connectivity index (χ4n) is 3.44. The molecule has 3 aromatic rings. The average Bonchev–Trinajstić information content (AvgIpc) is 3.12. The average molecular weight is 584 g/mol. The third-order valence-electron chi connectivity index (χ3n) is 5.12. The Morgan fingerprint density at radius 3 is 2.58 bits per heavy atom. The highest BCUT2D eigenvalue weighted by Gasteiger charge is 2.33. The summed E-state index contributed by atoms with van der Waals surface area (Å²) in [4.78, 5) is 27.4. The summed E-state index contributed by atoms with van der Waals surface area (Å²) in [5.74, 6) is 0.461. The van der Waals surface area contributed by atoms with Crippen LogP contribution in [0.25, 0.3) is 6.08 Å². The number of nitrogens with zero attached hydrogens (tertiary/aromatic N) is 1. The summed E-state index contributed by atoms with van der Waals surface area (Å²) in [7, 11) is 0. The van der Waals surface area contributed by atoms with E-state index in [1.54, 1.807) is 24.3 Å². The van der Waals surface area contributed by atoms with E-state index in [2.05, 4.69) is 21.2 Å². The van der Waals surface area contributed by atoms with Gasteiger partial charge < -0.3 is 14.8 Å². The van der Waals surface area contributed by atoms with Gasteiger partial charge >= 0.3 is 0 Å². The fourth-order valence-corrected chi connectivity index (χ4v) is 5.12. The second kappa shape index (κ2) is 11.7. The maximum absolute atomic E-state index is 13.1. The minimum Gasteiger partial charge on any atom is -0.490 e. The summed E-state index contributed by atoms with van der Waals surface area (Å²) in [5, 5.41) is 2.81. The molecular weight excluding hydrogens is 560 g/mol. The Hall–Kier alpha value is -3.14. The van der Waals surface area contributed by atoms with E-state index >= 15 is 0 Å². The van der Waals surface area contributed by atoms with Gasteiger partial charge in [-0.2, -0.15) is 0 Å². The van der Waals surface area contributed by atoms with Crippen molar-refractivity contribution >= 4 is 73.5 Å². The van der Waals surface area contributed by atoms with Gasteiger partial charge in [-0.1, -0.05) is 69.7 Å². The Bertz CT molecular complexity index is 1340. The Labute approximate surface area is 227 Å². The molecule has 0 saturated carbocycles. The molecule has 0 bridgehead atoms. The van der Waals surface area contributed by atoms with Crippen molar-refractivity contribution < 1.29 is 19.1 Å². The van der Waals surface area contributed by atoms with Crippen LogP contribution in [0.1, 0.15) is 18.1 Å². The lowest BCUT2D eigenvalue weighted by Gasteiger charge is -2.14. The van der Waals surface area contributed by atoms with Crippen molar-refractivity contribution in [1.29, 1.82) is 0 Å². The summed E-state index contributed by atoms with van der Waals surface area (Å²) >= 11 is 10.1. The first-order chi connectivity index (χ1) is 17.3. The molecule has 0 atom stereocenters. The molecule has 36 heavy (non-hydrogen) atoms. The zero-order valence-electron chi connectivity index (χ0n) is 19.6. The normalized spacial score (nSPS) is 14.3. The van der Waals surface area contributed by atoms with Gasteiger partial charge in [-0.05, 0) is 68.0 Å². The molecule has 1 heterocycles. The van der Waals surface area contributed by atoms with Crippen LogP contribution in [-0.2, 0) is 9.59 Å². The summed E-state index contributed by atoms with van der Waals surface area (Å²) < 4.78 is 12.8. The molecule has 1 aliphatic rings. The molecule has 0 aromatic heterocycles. The monoisotopic (exact) mass is 582 g/mol. The van der Waals surface area contributed by atoms with Crippen molar-refractivity contribution in [3.05, 3.63) is 87.2 Å². The first-order valence-corrected chi connectivity index (χ1v) is 13.2. The van der Waals surface area contributed by atoms with E-state index in [0.29, 0.717) is 38.7 Å². The first-order valence-electron chi connectivity index (χ1n) is 11.1. The maximum Gasteiger partial charge on any atom is 0.270 e. The number of carbonyl (C=O) groups excluding carboxylic acids is 2. The lowest BCUT2D eigenvalue weighted by Crippen LogP contribution is -2.27. The lowest BCUT2D eigenvalue weighted by molar-refractivity contribution is -0.118. The van der Waals surface area contributed by atoms with Gasteiger partial charge in [0.25, 0.3) is 11.8 Å². The van der Waals surface area contributed by atoms with Gasteiger partial charge in [-0.3, -0.25) is 14.5 Å². The molecule has 184 valence electrons. The number of nitrogens with one attached hydrogen (secondary N) is 1. The molecule has 1 fully saturated rings. The highest BCUT2D eigenvalue weighted by molar-refractivity contribution is 9.10. The summed E-state index contributed by atoms with van der Waals surface area (Å²) in [6.07, 6.45) is 1.77. The van der Waals surface area contributed by atoms with Gasteiger partial charge in [0.1, 0.15) is 0 Å². The van der Waals surface area contributed by atoms with Crippen LogP contribution < -0.4 is 19.7 Å². The standard InChI is InChI=1S/C27H23BrN2O4S2/c1-3-33-23-13-18(9-12-22(23)34-16-25(31)29-20-10-7-17(2)8-11-20)14-24-26(32)30(27(35)36-24)21-6-4-5-19(28)15-21/h4-15H,3,16H2,1-2H3,(H,29,31)/b24-14-. The number of anilines is 2. The number of ether oxygens (including phenoxy) is 2. The van der Waals surface area contributed by atoms with Gasteiger partial charge in [0.05, 0.1) is 17.2 Å². The predicted octanol–water partition coefficient (Wildman–Crippen LogP) is 6.58. The molecule has 0 unspecified atom stereocenters. The SMILES string of the molecule is CCOc1cc(/C=C2\SC(=S)N(c3cccc(Br)c3)C2=O)ccc1OCC(=O)Nc1ccc(C)cc1. The van der Waals surface area contributed by atoms with E-state index in [1.807, 2.05) is 62.4 Å². The van der Waals surface area contributed by atoms with Gasteiger partial charge in [-0.25, -0.2) is 0 Å². The van der Waals surface area contributed by atoms with Gasteiger partial charge in [-0.15, -0.1) is 0 Å². The summed E-state index contributed by atoms with van der Waals surface area (Å²) in [6, 6.07) is 20.3. The zero-order chi connectivity index (χ0) is 25.7. The number of benzene rings is 3. The van der Waals surface area contributed by atoms with Crippen molar-refractivity contribution in [2.45, 2.75) is 13.8 Å². The van der Waals surface area contributed by atoms with E-state index in [0.717, 1.165) is 15.6 Å². The van der Waals surface area contributed by atoms with E-state index in [-0.39, 0.29) is 18.4 Å². The van der Waals surface area contributed by atoms with Crippen LogP contribution in [-0.4, -0.2) is 29.3 Å². The summed E-state index contributed by atoms with van der Waals surface area (Å²) in [6.45, 7) is 4.10. The molecule has 0 aliphatic carbocycles. The van der Waals surface area contributed by atoms with E-state index < -0.39 is 0 Å². The molecule has 9 heteroatoms. The molecule has 0 spiro atoms. The third kappa shape index (κ3) is 6.34. The number of rotatable bonds is 8. The fraction of sp³-hybridized carbons (Fsp3) is 0.148. The zero-order valence-corrected chi connectivity index (χ0v) is 22.8. The van der Waals surface area contributed by atoms with E-state index in [4.69, 9.17) is 21.7 Å². The predicted molar refractivity (Wildman–Crippen MR) is 153 cm³/mol. The molecule has 3 aromatic carbocycles. The Kier molecular flexibility index (Phi) is 8.45. The minimum atomic E-state index is -0.276. The van der Waals surface area contributed by atoms with Gasteiger partial charge in [0, 0.05) is 10.2 Å². The van der Waals surface area contributed by atoms with Crippen molar-refractivity contribution in [1.82, 2.24) is 0 Å². The van der Waals surface area contributed by atoms with Crippen molar-refractivity contribution in [2.75, 3.05) is 23.4 Å². The third-order valence-corrected chi connectivity index (χ3v) is 6.91. The van der Waals surface area contributed by atoms with Gasteiger partial charge in [0.15, 0.2) is 22.4 Å². The van der Waals surface area contributed by atoms with Crippen LogP contribution in [0.3, 0.4) is 0 Å². The number of amides is 2. The van der Waals surface area contributed by atoms with E-state index in [9.17, 15) is 9.59 Å². The molecule has 6 nitrogen and oxygen atoms in total. The second-order valence-electron chi connectivity index (χ2n) is 7.84. The highest BCUT2D eigenvalue weighted by Crippen LogP contribution is 2.38. The first kappa shape index (κ1) is 25.9. The van der Waals surface area contributed by atoms with Crippen molar-refractivity contribution in [2.24, 2.45) is 0 Å². The molecule has 2 amide bonds. The van der Waals surface area contributed by atoms with Crippen LogP contribution in [0.15, 0.2) is 76.1 Å². The highest BCUT2D eigenvalue weighted by atomic mass is 79.9. The summed E-state index contributed by atoms with van der Waals surface area (Å²) in [5.41, 5.74) is 3.28. The molecule has 0 radical (unpaired) electrons. The molecular formula is C27H23BrN2O4S2. The quantitative estimate of drug-likeness (QED) is 0.239. The van der Waals surface area contributed by atoms with Crippen molar-refractivity contribution in [3.8, 4) is 11.5 Å². The number of thioether (sulfide) groups is 1. The lowest BCUT2D eigenvalue weighted by atomic mass is 10.1. The molecule has 1 aliphatic heterocycles. The topological polar surface area (TPSA) is 67.9 Å². The molecule has 4 rings (SSSR count). The van der Waals surface area contributed by atoms with Crippen LogP contribution in [0.4, 0.5) is 11.4 Å². The maximum atomic E-state index is 13.1. The molecule has 1 N–H and O–H groups in total.